The smallest absolute Gasteiger partial charge is 0.213 e. The fourth-order valence-corrected chi connectivity index (χ4v) is 4.51. The first kappa shape index (κ1) is 19.5. The van der Waals surface area contributed by atoms with E-state index in [0.717, 1.165) is 38.4 Å². The molecule has 0 aromatic heterocycles. The lowest BCUT2D eigenvalue weighted by Crippen LogP contribution is -2.48. The molecule has 2 aliphatic rings. The molecule has 2 atom stereocenters. The Hall–Kier alpha value is -0.820. The van der Waals surface area contributed by atoms with Gasteiger partial charge in [-0.25, -0.2) is 13.1 Å². The summed E-state index contributed by atoms with van der Waals surface area (Å²) in [5.74, 6) is 2.74. The lowest BCUT2D eigenvalue weighted by molar-refractivity contribution is 0.208. The van der Waals surface area contributed by atoms with Crippen LogP contribution < -0.4 is 10.0 Å². The average molecular weight is 359 g/mol. The number of piperidine rings is 1. The highest BCUT2D eigenvalue weighted by molar-refractivity contribution is 7.89. The lowest BCUT2D eigenvalue weighted by atomic mass is 9.86. The van der Waals surface area contributed by atoms with Crippen LogP contribution in [0.25, 0.3) is 0 Å². The molecule has 2 rings (SSSR count). The van der Waals surface area contributed by atoms with Gasteiger partial charge in [-0.2, -0.15) is 0 Å². The number of hydrogen-bond donors (Lipinski definition) is 2. The van der Waals surface area contributed by atoms with Gasteiger partial charge in [-0.3, -0.25) is 4.99 Å². The van der Waals surface area contributed by atoms with Crippen molar-refractivity contribution in [3.05, 3.63) is 0 Å². The van der Waals surface area contributed by atoms with E-state index in [4.69, 9.17) is 0 Å². The van der Waals surface area contributed by atoms with Gasteiger partial charge < -0.3 is 10.2 Å². The minimum atomic E-state index is -3.22. The van der Waals surface area contributed by atoms with Gasteiger partial charge in [0, 0.05) is 26.2 Å². The molecule has 0 aromatic carbocycles. The number of likely N-dealkylation sites (tertiary alicyclic amines) is 1. The van der Waals surface area contributed by atoms with E-state index >= 15 is 0 Å². The van der Waals surface area contributed by atoms with Crippen molar-refractivity contribution in [2.45, 2.75) is 46.5 Å². The van der Waals surface area contributed by atoms with E-state index in [1.165, 1.54) is 12.8 Å². The molecule has 1 aliphatic heterocycles. The fraction of sp³-hybridized carbons (Fsp3) is 0.941. The molecule has 0 aromatic rings. The first-order chi connectivity index (χ1) is 11.4. The zero-order valence-electron chi connectivity index (χ0n) is 15.4. The summed E-state index contributed by atoms with van der Waals surface area (Å²) in [4.78, 5) is 6.84. The van der Waals surface area contributed by atoms with Gasteiger partial charge in [0.2, 0.25) is 10.0 Å². The summed E-state index contributed by atoms with van der Waals surface area (Å²) in [6.45, 7) is 10.2. The molecule has 0 spiro atoms. The van der Waals surface area contributed by atoms with Gasteiger partial charge >= 0.3 is 0 Å². The van der Waals surface area contributed by atoms with Crippen LogP contribution in [0.3, 0.4) is 0 Å². The molecule has 1 heterocycles. The Morgan fingerprint density at radius 1 is 1.21 bits per heavy atom. The third-order valence-electron chi connectivity index (χ3n) is 4.94. The van der Waals surface area contributed by atoms with Crippen LogP contribution in [0.2, 0.25) is 0 Å². The lowest BCUT2D eigenvalue weighted by Gasteiger charge is -2.37. The van der Waals surface area contributed by atoms with Crippen LogP contribution in [-0.2, 0) is 10.0 Å². The summed E-state index contributed by atoms with van der Waals surface area (Å²) in [6, 6.07) is 0. The van der Waals surface area contributed by atoms with E-state index in [0.29, 0.717) is 30.8 Å². The second-order valence-corrected chi connectivity index (χ2v) is 9.48. The van der Waals surface area contributed by atoms with Gasteiger partial charge in [0.1, 0.15) is 0 Å². The number of aliphatic imine (C=N–C) groups is 1. The van der Waals surface area contributed by atoms with Crippen molar-refractivity contribution in [2.75, 3.05) is 38.5 Å². The summed E-state index contributed by atoms with van der Waals surface area (Å²) in [7, 11) is -3.22. The molecule has 2 fully saturated rings. The molecule has 140 valence electrons. The Morgan fingerprint density at radius 3 is 2.42 bits per heavy atom. The molecule has 24 heavy (non-hydrogen) atoms. The van der Waals surface area contributed by atoms with Crippen LogP contribution >= 0.6 is 0 Å². The second-order valence-electron chi connectivity index (χ2n) is 7.55. The van der Waals surface area contributed by atoms with Crippen LogP contribution in [0, 0.1) is 17.8 Å². The van der Waals surface area contributed by atoms with E-state index in [2.05, 4.69) is 33.8 Å². The van der Waals surface area contributed by atoms with E-state index in [-0.39, 0.29) is 5.75 Å². The van der Waals surface area contributed by atoms with Crippen LogP contribution in [0.5, 0.6) is 0 Å². The van der Waals surface area contributed by atoms with Crippen LogP contribution in [-0.4, -0.2) is 57.8 Å². The highest BCUT2D eigenvalue weighted by Crippen LogP contribution is 2.25. The van der Waals surface area contributed by atoms with Crippen LogP contribution in [0.15, 0.2) is 4.99 Å². The van der Waals surface area contributed by atoms with Crippen molar-refractivity contribution in [3.8, 4) is 0 Å². The van der Waals surface area contributed by atoms with Crippen molar-refractivity contribution in [3.63, 3.8) is 0 Å². The molecule has 0 radical (unpaired) electrons. The van der Waals surface area contributed by atoms with Crippen molar-refractivity contribution in [1.29, 1.82) is 0 Å². The van der Waals surface area contributed by atoms with Crippen LogP contribution in [0.1, 0.15) is 46.5 Å². The normalized spacial score (nSPS) is 26.3. The Morgan fingerprint density at radius 2 is 1.88 bits per heavy atom. The molecule has 2 N–H and O–H groups in total. The number of nitrogens with one attached hydrogen (secondary N) is 2. The van der Waals surface area contributed by atoms with Gasteiger partial charge in [0.05, 0.1) is 12.3 Å². The van der Waals surface area contributed by atoms with E-state index in [1.54, 1.807) is 0 Å². The molecule has 0 amide bonds. The van der Waals surface area contributed by atoms with Crippen molar-refractivity contribution in [1.82, 2.24) is 14.9 Å². The van der Waals surface area contributed by atoms with Gasteiger partial charge in [0.25, 0.3) is 0 Å². The Kier molecular flexibility index (Phi) is 7.34. The summed E-state index contributed by atoms with van der Waals surface area (Å²) < 4.78 is 26.9. The predicted molar refractivity (Wildman–Crippen MR) is 99.6 cm³/mol. The Balaban J connectivity index is 1.85. The molecular weight excluding hydrogens is 324 g/mol. The van der Waals surface area contributed by atoms with Gasteiger partial charge in [-0.1, -0.05) is 20.3 Å². The summed E-state index contributed by atoms with van der Waals surface area (Å²) in [6.07, 6.45) is 4.78. The zero-order valence-corrected chi connectivity index (χ0v) is 16.2. The topological polar surface area (TPSA) is 73.8 Å². The molecule has 1 saturated heterocycles. The third kappa shape index (κ3) is 6.24. The minimum Gasteiger partial charge on any atom is -0.357 e. The predicted octanol–water partition coefficient (Wildman–Crippen LogP) is 1.65. The summed E-state index contributed by atoms with van der Waals surface area (Å²) in [5.41, 5.74) is 0. The number of nitrogens with zero attached hydrogens (tertiary/aromatic N) is 2. The molecule has 0 bridgehead atoms. The maximum Gasteiger partial charge on any atom is 0.213 e. The third-order valence-corrected chi connectivity index (χ3v) is 6.27. The van der Waals surface area contributed by atoms with Crippen molar-refractivity contribution >= 4 is 16.0 Å². The monoisotopic (exact) mass is 358 g/mol. The number of sulfonamides is 1. The SMILES string of the molecule is CCNC(=NCCS(=O)(=O)NCC1CCC1)N1CC(C)CC(C)C1. The molecule has 1 saturated carbocycles. The van der Waals surface area contributed by atoms with Crippen molar-refractivity contribution in [2.24, 2.45) is 22.7 Å². The first-order valence-corrected chi connectivity index (χ1v) is 11.1. The first-order valence-electron chi connectivity index (χ1n) is 9.40. The van der Waals surface area contributed by atoms with E-state index in [1.807, 2.05) is 6.92 Å². The maximum atomic E-state index is 12.1. The van der Waals surface area contributed by atoms with E-state index in [9.17, 15) is 8.42 Å². The number of hydrogen-bond acceptors (Lipinski definition) is 3. The summed E-state index contributed by atoms with van der Waals surface area (Å²) in [5, 5.41) is 3.31. The number of guanidine groups is 1. The van der Waals surface area contributed by atoms with Crippen molar-refractivity contribution < 1.29 is 8.42 Å². The largest absolute Gasteiger partial charge is 0.357 e. The Bertz CT molecular complexity index is 507. The average Bonchev–Trinajstić information content (AvgIpc) is 2.43. The highest BCUT2D eigenvalue weighted by Gasteiger charge is 2.24. The van der Waals surface area contributed by atoms with Gasteiger partial charge in [0.15, 0.2) is 5.96 Å². The standard InChI is InChI=1S/C17H34N4O2S/c1-4-18-17(21-12-14(2)10-15(3)13-21)19-8-9-24(22,23)20-11-16-6-5-7-16/h14-16,20H,4-13H2,1-3H3,(H,18,19). The Labute approximate surface area is 147 Å². The van der Waals surface area contributed by atoms with Gasteiger partial charge in [-0.15, -0.1) is 0 Å². The highest BCUT2D eigenvalue weighted by atomic mass is 32.2. The molecular formula is C17H34N4O2S. The molecule has 6 nitrogen and oxygen atoms in total. The molecule has 2 unspecified atom stereocenters. The zero-order chi connectivity index (χ0) is 17.6. The molecule has 7 heteroatoms. The molecule has 1 aliphatic carbocycles. The van der Waals surface area contributed by atoms with Gasteiger partial charge in [-0.05, 0) is 43.9 Å². The maximum absolute atomic E-state index is 12.1. The van der Waals surface area contributed by atoms with Crippen LogP contribution in [0.4, 0.5) is 0 Å². The second kappa shape index (κ2) is 9.04. The quantitative estimate of drug-likeness (QED) is 0.536. The summed E-state index contributed by atoms with van der Waals surface area (Å²) >= 11 is 0. The van der Waals surface area contributed by atoms with E-state index < -0.39 is 10.0 Å². The fourth-order valence-electron chi connectivity index (χ4n) is 3.55. The minimum absolute atomic E-state index is 0.0631. The number of rotatable bonds is 7.